The zero-order valence-corrected chi connectivity index (χ0v) is 43.0. The van der Waals surface area contributed by atoms with Gasteiger partial charge in [-0.2, -0.15) is 0 Å². The van der Waals surface area contributed by atoms with Crippen molar-refractivity contribution in [2.24, 2.45) is 0 Å². The van der Waals surface area contributed by atoms with E-state index in [4.69, 9.17) is 19.3 Å². The lowest BCUT2D eigenvalue weighted by molar-refractivity contribution is -0.120. The van der Waals surface area contributed by atoms with Crippen molar-refractivity contribution < 1.29 is 68.5 Å². The molecule has 57 heavy (non-hydrogen) atoms. The van der Waals surface area contributed by atoms with Crippen molar-refractivity contribution in [2.75, 3.05) is 84.6 Å². The number of aliphatic hydroxyl groups excluding tert-OH is 5. The van der Waals surface area contributed by atoms with E-state index in [1.807, 2.05) is 90.4 Å². The van der Waals surface area contributed by atoms with Gasteiger partial charge in [0.15, 0.2) is 0 Å². The molecule has 0 spiro atoms. The van der Waals surface area contributed by atoms with Crippen LogP contribution in [0, 0.1) is 21.4 Å². The molecule has 0 aliphatic carbocycles. The number of carbonyl (C=O) groups is 6. The monoisotopic (exact) mass is 1480 g/mol. The molecule has 316 valence electrons. The number of likely N-dealkylation sites (N-methyl/N-ethyl adjacent to an activating group) is 1. The Bertz CT molecular complexity index is 1860. The fourth-order valence-electron chi connectivity index (χ4n) is 4.54. The van der Waals surface area contributed by atoms with Crippen LogP contribution in [-0.4, -0.2) is 158 Å². The second-order valence-electron chi connectivity index (χ2n) is 11.6. The highest BCUT2D eigenvalue weighted by molar-refractivity contribution is 14.1. The maximum absolute atomic E-state index is 13.7. The number of hydrogen-bond donors (Lipinski definition) is 9. The van der Waals surface area contributed by atoms with Crippen LogP contribution in [0.3, 0.4) is 0 Å². The highest BCUT2D eigenvalue weighted by atomic mass is 127. The second kappa shape index (κ2) is 25.3. The number of halogens is 6. The van der Waals surface area contributed by atoms with Crippen LogP contribution in [0.1, 0.15) is 41.4 Å². The number of amides is 5. The molecule has 2 aromatic carbocycles. The second-order valence-corrected chi connectivity index (χ2v) is 18.1. The molecule has 25 heteroatoms. The number of ether oxygens (including phenoxy) is 3. The molecule has 2 rings (SSSR count). The molecule has 2 aromatic rings. The van der Waals surface area contributed by atoms with Crippen molar-refractivity contribution in [3.63, 3.8) is 0 Å². The lowest BCUT2D eigenvalue weighted by atomic mass is 10.1. The SMILES string of the molecule is COCC(=O)Nc1c(I)c(C(=O)NCC(O)CO)c(I)c(C(=O)OCC(O)CNC(=O)c2c(I)c(NC(=O)COC)c(I)c(C(=O)N(C)CC(O)CO)c2I)c1I. The molecule has 3 unspecified atom stereocenters. The maximum atomic E-state index is 13.7. The van der Waals surface area contributed by atoms with E-state index in [9.17, 15) is 49.2 Å². The zero-order chi connectivity index (χ0) is 43.3. The fourth-order valence-corrected chi connectivity index (χ4v) is 13.3. The highest BCUT2D eigenvalue weighted by Crippen LogP contribution is 2.38. The highest BCUT2D eigenvalue weighted by Gasteiger charge is 2.32. The van der Waals surface area contributed by atoms with Crippen molar-refractivity contribution in [3.8, 4) is 0 Å². The first kappa shape index (κ1) is 52.5. The van der Waals surface area contributed by atoms with Gasteiger partial charge in [-0.05, 0) is 136 Å². The number of esters is 1. The van der Waals surface area contributed by atoms with Crippen LogP contribution < -0.4 is 21.3 Å². The van der Waals surface area contributed by atoms with E-state index >= 15 is 0 Å². The summed E-state index contributed by atoms with van der Waals surface area (Å²) in [7, 11) is 4.01. The number of carbonyl (C=O) groups excluding carboxylic acids is 6. The average molecular weight is 1480 g/mol. The first-order chi connectivity index (χ1) is 26.8. The lowest BCUT2D eigenvalue weighted by Crippen LogP contribution is -2.38. The molecule has 3 atom stereocenters. The Morgan fingerprint density at radius 2 is 1.02 bits per heavy atom. The summed E-state index contributed by atoms with van der Waals surface area (Å²) in [4.78, 5) is 80.3. The third kappa shape index (κ3) is 14.5. The molecule has 9 N–H and O–H groups in total. The Labute approximate surface area is 408 Å². The molecular formula is C32H37I6N5O14. The molecule has 0 saturated heterocycles. The summed E-state index contributed by atoms with van der Waals surface area (Å²) in [5.41, 5.74) is 0.0508. The Balaban J connectivity index is 2.43. The van der Waals surface area contributed by atoms with E-state index in [1.165, 1.54) is 21.3 Å². The smallest absolute Gasteiger partial charge is 0.340 e. The van der Waals surface area contributed by atoms with E-state index in [-0.39, 0.29) is 81.4 Å². The topological polar surface area (TPSA) is 283 Å². The molecule has 0 bridgehead atoms. The van der Waals surface area contributed by atoms with Crippen LogP contribution in [0.5, 0.6) is 0 Å². The molecule has 19 nitrogen and oxygen atoms in total. The van der Waals surface area contributed by atoms with Gasteiger partial charge in [-0.3, -0.25) is 24.0 Å². The summed E-state index contributed by atoms with van der Waals surface area (Å²) in [6.45, 7) is -3.54. The van der Waals surface area contributed by atoms with Crippen molar-refractivity contribution in [2.45, 2.75) is 18.3 Å². The zero-order valence-electron chi connectivity index (χ0n) is 30.0. The van der Waals surface area contributed by atoms with Gasteiger partial charge >= 0.3 is 5.97 Å². The van der Waals surface area contributed by atoms with Gasteiger partial charge in [0.05, 0.1) is 73.3 Å². The number of methoxy groups -OCH3 is 2. The number of anilines is 2. The van der Waals surface area contributed by atoms with Crippen LogP contribution in [-0.2, 0) is 23.8 Å². The predicted octanol–water partition coefficient (Wildman–Crippen LogP) is 0.940. The third-order valence-corrected chi connectivity index (χ3v) is 13.7. The standard InChI is InChI=1S/C32H37I6N5O14/c1-43(6-14(48)8-45)31(53)19-21(33)17(23(35)27(25(19)37)41-15(49)10-55-2)29(51)40-5-13(47)9-57-32(54)20-22(34)18(30(52)39-4-12(46)7-44)24(36)28(26(20)38)42-16(50)11-56-3/h12-14,44-48H,4-11H2,1-3H3,(H,39,52)(H,40,51)(H,41,49)(H,42,50). The summed E-state index contributed by atoms with van der Waals surface area (Å²) in [6.07, 6.45) is -3.98. The number of nitrogens with zero attached hydrogens (tertiary/aromatic N) is 1. The summed E-state index contributed by atoms with van der Waals surface area (Å²) in [5.74, 6) is -4.27. The van der Waals surface area contributed by atoms with Gasteiger partial charge in [-0.25, -0.2) is 4.79 Å². The van der Waals surface area contributed by atoms with Gasteiger partial charge in [-0.1, -0.05) is 0 Å². The van der Waals surface area contributed by atoms with Gasteiger partial charge in [-0.15, -0.1) is 0 Å². The Kier molecular flexibility index (Phi) is 23.3. The van der Waals surface area contributed by atoms with E-state index in [0.717, 1.165) is 4.90 Å². The lowest BCUT2D eigenvalue weighted by Gasteiger charge is -2.24. The first-order valence-electron chi connectivity index (χ1n) is 16.0. The van der Waals surface area contributed by atoms with E-state index < -0.39 is 80.2 Å². The van der Waals surface area contributed by atoms with Gasteiger partial charge in [0.1, 0.15) is 25.9 Å². The minimum atomic E-state index is -1.48. The van der Waals surface area contributed by atoms with E-state index in [2.05, 4.69) is 21.3 Å². The molecule has 0 aromatic heterocycles. The summed E-state index contributed by atoms with van der Waals surface area (Å²) in [5, 5.41) is 59.2. The van der Waals surface area contributed by atoms with Crippen molar-refractivity contribution in [3.05, 3.63) is 43.7 Å². The molecule has 5 amide bonds. The molecule has 0 saturated carbocycles. The summed E-state index contributed by atoms with van der Waals surface area (Å²) in [6, 6.07) is 0. The Morgan fingerprint density at radius 3 is 1.46 bits per heavy atom. The Hall–Kier alpha value is -0.640. The Morgan fingerprint density at radius 1 is 0.614 bits per heavy atom. The minimum Gasteiger partial charge on any atom is -0.459 e. The molecule has 0 heterocycles. The number of benzene rings is 2. The van der Waals surface area contributed by atoms with Gasteiger partial charge in [0.25, 0.3) is 17.7 Å². The summed E-state index contributed by atoms with van der Waals surface area (Å²) >= 11 is 10.9. The normalized spacial score (nSPS) is 12.6. The van der Waals surface area contributed by atoms with Gasteiger partial charge in [0.2, 0.25) is 11.8 Å². The van der Waals surface area contributed by atoms with Gasteiger partial charge < -0.3 is 65.9 Å². The summed E-state index contributed by atoms with van der Waals surface area (Å²) < 4.78 is 16.5. The predicted molar refractivity (Wildman–Crippen MR) is 254 cm³/mol. The maximum Gasteiger partial charge on any atom is 0.340 e. The largest absolute Gasteiger partial charge is 0.459 e. The number of rotatable bonds is 20. The number of hydrogen-bond acceptors (Lipinski definition) is 14. The first-order valence-corrected chi connectivity index (χ1v) is 22.5. The van der Waals surface area contributed by atoms with Crippen LogP contribution in [0.2, 0.25) is 0 Å². The molecule has 0 fully saturated rings. The van der Waals surface area contributed by atoms with Crippen LogP contribution in [0.15, 0.2) is 0 Å². The van der Waals surface area contributed by atoms with E-state index in [0.29, 0.717) is 0 Å². The molecular weight excluding hydrogens is 1440 g/mol. The van der Waals surface area contributed by atoms with Crippen molar-refractivity contribution in [1.82, 2.24) is 15.5 Å². The number of nitrogens with one attached hydrogen (secondary N) is 4. The van der Waals surface area contributed by atoms with Crippen LogP contribution >= 0.6 is 136 Å². The van der Waals surface area contributed by atoms with Gasteiger partial charge in [0, 0.05) is 48.0 Å². The van der Waals surface area contributed by atoms with Crippen LogP contribution in [0.4, 0.5) is 11.4 Å². The molecule has 0 radical (unpaired) electrons. The molecule has 0 aliphatic rings. The average Bonchev–Trinajstić information content (AvgIpc) is 3.15. The van der Waals surface area contributed by atoms with E-state index in [1.54, 1.807) is 45.2 Å². The minimum absolute atomic E-state index is 0.0220. The fraction of sp³-hybridized carbons (Fsp3) is 0.438. The van der Waals surface area contributed by atoms with Crippen molar-refractivity contribution in [1.29, 1.82) is 0 Å². The van der Waals surface area contributed by atoms with Crippen molar-refractivity contribution >= 4 is 182 Å². The quantitative estimate of drug-likeness (QED) is 0.0660. The third-order valence-electron chi connectivity index (χ3n) is 7.24. The molecule has 0 aliphatic heterocycles. The van der Waals surface area contributed by atoms with Crippen LogP contribution in [0.25, 0.3) is 0 Å². The number of aliphatic hydroxyl groups is 5.